The van der Waals surface area contributed by atoms with Crippen LogP contribution in [-0.4, -0.2) is 26.8 Å². The van der Waals surface area contributed by atoms with Crippen molar-refractivity contribution in [3.05, 3.63) is 23.8 Å². The molecule has 2 amide bonds. The highest BCUT2D eigenvalue weighted by Crippen LogP contribution is 2.23. The van der Waals surface area contributed by atoms with Crippen LogP contribution in [0.4, 0.5) is 5.69 Å². The molecule has 0 aromatic heterocycles. The standard InChI is InChI=1S/C9H7ClN2O4S/c10-17(15,16)5-1-2-7-6(3-5)9(14)11-4-8(13)12-7/h1-3H,4H2,(H,11,14)(H,12,13). The van der Waals surface area contributed by atoms with Gasteiger partial charge in [-0.1, -0.05) is 0 Å². The van der Waals surface area contributed by atoms with Crippen molar-refractivity contribution in [1.29, 1.82) is 0 Å². The predicted molar refractivity (Wildman–Crippen MR) is 60.4 cm³/mol. The fourth-order valence-electron chi connectivity index (χ4n) is 1.42. The molecule has 2 rings (SSSR count). The summed E-state index contributed by atoms with van der Waals surface area (Å²) in [7, 11) is 1.27. The van der Waals surface area contributed by atoms with Crippen LogP contribution in [0.2, 0.25) is 0 Å². The molecule has 0 aliphatic carbocycles. The van der Waals surface area contributed by atoms with Crippen LogP contribution in [-0.2, 0) is 13.8 Å². The number of hydrogen-bond acceptors (Lipinski definition) is 4. The minimum atomic E-state index is -3.91. The molecule has 0 saturated carbocycles. The number of fused-ring (bicyclic) bond motifs is 1. The highest BCUT2D eigenvalue weighted by molar-refractivity contribution is 8.13. The van der Waals surface area contributed by atoms with Gasteiger partial charge in [0.25, 0.3) is 15.0 Å². The van der Waals surface area contributed by atoms with Crippen LogP contribution in [0.1, 0.15) is 10.4 Å². The Morgan fingerprint density at radius 2 is 1.94 bits per heavy atom. The number of benzene rings is 1. The Balaban J connectivity index is 2.58. The fourth-order valence-corrected chi connectivity index (χ4v) is 2.20. The predicted octanol–water partition coefficient (Wildman–Crippen LogP) is 0.296. The van der Waals surface area contributed by atoms with E-state index in [4.69, 9.17) is 10.7 Å². The van der Waals surface area contributed by atoms with E-state index in [2.05, 4.69) is 10.6 Å². The van der Waals surface area contributed by atoms with E-state index in [0.717, 1.165) is 6.07 Å². The van der Waals surface area contributed by atoms with Crippen LogP contribution in [0.5, 0.6) is 0 Å². The highest BCUT2D eigenvalue weighted by atomic mass is 35.7. The molecule has 0 bridgehead atoms. The number of carbonyl (C=O) groups excluding carboxylic acids is 2. The third-order valence-electron chi connectivity index (χ3n) is 2.20. The van der Waals surface area contributed by atoms with Crippen molar-refractivity contribution in [2.45, 2.75) is 4.90 Å². The van der Waals surface area contributed by atoms with Gasteiger partial charge in [-0.05, 0) is 18.2 Å². The number of amides is 2. The van der Waals surface area contributed by atoms with Gasteiger partial charge in [0.05, 0.1) is 22.7 Å². The van der Waals surface area contributed by atoms with Gasteiger partial charge in [-0.15, -0.1) is 0 Å². The molecule has 1 aliphatic heterocycles. The second kappa shape index (κ2) is 4.01. The Kier molecular flexibility index (Phi) is 2.80. The van der Waals surface area contributed by atoms with Gasteiger partial charge in [0.2, 0.25) is 5.91 Å². The molecule has 1 aliphatic rings. The summed E-state index contributed by atoms with van der Waals surface area (Å²) in [5.74, 6) is -0.904. The Bertz CT molecular complexity index is 611. The maximum atomic E-state index is 11.6. The second-order valence-electron chi connectivity index (χ2n) is 3.38. The first-order chi connectivity index (χ1) is 7.88. The second-order valence-corrected chi connectivity index (χ2v) is 5.94. The summed E-state index contributed by atoms with van der Waals surface area (Å²) >= 11 is 0. The van der Waals surface area contributed by atoms with E-state index in [1.807, 2.05) is 0 Å². The molecule has 0 spiro atoms. The molecule has 0 unspecified atom stereocenters. The number of rotatable bonds is 1. The molecule has 1 aromatic carbocycles. The summed E-state index contributed by atoms with van der Waals surface area (Å²) < 4.78 is 22.2. The first kappa shape index (κ1) is 11.9. The first-order valence-electron chi connectivity index (χ1n) is 4.55. The average Bonchev–Trinajstić information content (AvgIpc) is 2.37. The van der Waals surface area contributed by atoms with E-state index in [1.54, 1.807) is 0 Å². The Hall–Kier alpha value is -1.60. The van der Waals surface area contributed by atoms with Crippen molar-refractivity contribution in [2.75, 3.05) is 11.9 Å². The van der Waals surface area contributed by atoms with Crippen molar-refractivity contribution < 1.29 is 18.0 Å². The summed E-state index contributed by atoms with van der Waals surface area (Å²) in [6.45, 7) is -0.156. The molecular weight excluding hydrogens is 268 g/mol. The molecule has 90 valence electrons. The van der Waals surface area contributed by atoms with Crippen molar-refractivity contribution in [3.8, 4) is 0 Å². The Labute approximate surface area is 101 Å². The van der Waals surface area contributed by atoms with Crippen molar-refractivity contribution in [1.82, 2.24) is 5.32 Å². The third kappa shape index (κ3) is 2.40. The van der Waals surface area contributed by atoms with E-state index in [9.17, 15) is 18.0 Å². The minimum absolute atomic E-state index is 0.0672. The molecule has 0 saturated heterocycles. The minimum Gasteiger partial charge on any atom is -0.343 e. The van der Waals surface area contributed by atoms with Crippen LogP contribution in [0.3, 0.4) is 0 Å². The lowest BCUT2D eigenvalue weighted by Gasteiger charge is -2.05. The average molecular weight is 275 g/mol. The lowest BCUT2D eigenvalue weighted by Crippen LogP contribution is -2.28. The maximum absolute atomic E-state index is 11.6. The zero-order chi connectivity index (χ0) is 12.6. The number of carbonyl (C=O) groups is 2. The molecule has 1 aromatic rings. The van der Waals surface area contributed by atoms with Crippen LogP contribution in [0, 0.1) is 0 Å². The van der Waals surface area contributed by atoms with E-state index < -0.39 is 15.0 Å². The van der Waals surface area contributed by atoms with E-state index in [1.165, 1.54) is 12.1 Å². The number of hydrogen-bond donors (Lipinski definition) is 2. The van der Waals surface area contributed by atoms with Crippen LogP contribution < -0.4 is 10.6 Å². The van der Waals surface area contributed by atoms with Gasteiger partial charge >= 0.3 is 0 Å². The largest absolute Gasteiger partial charge is 0.343 e. The van der Waals surface area contributed by atoms with Gasteiger partial charge in [0, 0.05) is 10.7 Å². The van der Waals surface area contributed by atoms with Crippen molar-refractivity contribution in [2.24, 2.45) is 0 Å². The van der Waals surface area contributed by atoms with Crippen molar-refractivity contribution in [3.63, 3.8) is 0 Å². The summed E-state index contributed by atoms with van der Waals surface area (Å²) in [4.78, 5) is 22.6. The quantitative estimate of drug-likeness (QED) is 0.720. The van der Waals surface area contributed by atoms with Gasteiger partial charge in [-0.2, -0.15) is 0 Å². The lowest BCUT2D eigenvalue weighted by molar-refractivity contribution is -0.115. The van der Waals surface area contributed by atoms with Crippen molar-refractivity contribution >= 4 is 37.2 Å². The number of halogens is 1. The summed E-state index contributed by atoms with van der Waals surface area (Å²) in [6, 6.07) is 3.67. The van der Waals surface area contributed by atoms with Gasteiger partial charge in [0.1, 0.15) is 0 Å². The van der Waals surface area contributed by atoms with Crippen LogP contribution in [0.25, 0.3) is 0 Å². The molecule has 0 fully saturated rings. The molecule has 8 heteroatoms. The number of nitrogens with one attached hydrogen (secondary N) is 2. The molecule has 17 heavy (non-hydrogen) atoms. The fraction of sp³-hybridized carbons (Fsp3) is 0.111. The Morgan fingerprint density at radius 1 is 1.24 bits per heavy atom. The van der Waals surface area contributed by atoms with E-state index >= 15 is 0 Å². The zero-order valence-corrected chi connectivity index (χ0v) is 9.93. The van der Waals surface area contributed by atoms with Crippen LogP contribution in [0.15, 0.2) is 23.1 Å². The van der Waals surface area contributed by atoms with Gasteiger partial charge in [0.15, 0.2) is 0 Å². The van der Waals surface area contributed by atoms with Gasteiger partial charge < -0.3 is 10.6 Å². The summed E-state index contributed by atoms with van der Waals surface area (Å²) in [6.07, 6.45) is 0. The topological polar surface area (TPSA) is 92.3 Å². The SMILES string of the molecule is O=C1CNC(=O)c2cc(S(=O)(=O)Cl)ccc2N1. The normalized spacial score (nSPS) is 15.6. The molecule has 1 heterocycles. The summed E-state index contributed by atoms with van der Waals surface area (Å²) in [5.41, 5.74) is 0.326. The maximum Gasteiger partial charge on any atom is 0.261 e. The van der Waals surface area contributed by atoms with E-state index in [0.29, 0.717) is 0 Å². The molecule has 2 N–H and O–H groups in total. The van der Waals surface area contributed by atoms with E-state index in [-0.39, 0.29) is 28.6 Å². The number of anilines is 1. The van der Waals surface area contributed by atoms with Gasteiger partial charge in [-0.25, -0.2) is 8.42 Å². The summed E-state index contributed by atoms with van der Waals surface area (Å²) in [5, 5.41) is 4.81. The molecule has 0 atom stereocenters. The smallest absolute Gasteiger partial charge is 0.261 e. The van der Waals surface area contributed by atoms with Gasteiger partial charge in [-0.3, -0.25) is 9.59 Å². The lowest BCUT2D eigenvalue weighted by atomic mass is 10.1. The highest BCUT2D eigenvalue weighted by Gasteiger charge is 2.21. The zero-order valence-electron chi connectivity index (χ0n) is 8.36. The molecule has 6 nitrogen and oxygen atoms in total. The first-order valence-corrected chi connectivity index (χ1v) is 6.85. The molecular formula is C9H7ClN2O4S. The monoisotopic (exact) mass is 274 g/mol. The van der Waals surface area contributed by atoms with Crippen LogP contribution >= 0.6 is 10.7 Å². The third-order valence-corrected chi connectivity index (χ3v) is 3.55. The Morgan fingerprint density at radius 3 is 2.59 bits per heavy atom. The molecule has 0 radical (unpaired) electrons.